The Labute approximate surface area is 161 Å². The van der Waals surface area contributed by atoms with Gasteiger partial charge in [0.15, 0.2) is 0 Å². The molecule has 0 bridgehead atoms. The molecule has 0 N–H and O–H groups in total. The minimum Gasteiger partial charge on any atom is -0.317 e. The molecule has 2 aromatic heterocycles. The Kier molecular flexibility index (Phi) is 5.78. The molecule has 146 valence electrons. The molecule has 0 aliphatic carbocycles. The topological polar surface area (TPSA) is 63.0 Å². The molecule has 7 nitrogen and oxygen atoms in total. The maximum atomic E-state index is 4.58. The molecule has 7 heteroatoms. The number of hydrogen-bond donors (Lipinski definition) is 0. The molecule has 0 radical (unpaired) electrons. The Bertz CT molecular complexity index is 733. The smallest absolute Gasteiger partial charge is 0.146 e. The van der Waals surface area contributed by atoms with Crippen LogP contribution in [-0.4, -0.2) is 60.7 Å². The summed E-state index contributed by atoms with van der Waals surface area (Å²) in [5.74, 6) is 3.62. The molecule has 2 saturated heterocycles. The van der Waals surface area contributed by atoms with E-state index in [4.69, 9.17) is 0 Å². The highest BCUT2D eigenvalue weighted by molar-refractivity contribution is 5.08. The van der Waals surface area contributed by atoms with Crippen molar-refractivity contribution in [2.24, 2.45) is 7.05 Å². The van der Waals surface area contributed by atoms with Gasteiger partial charge in [-0.25, -0.2) is 9.97 Å². The van der Waals surface area contributed by atoms with E-state index < -0.39 is 0 Å². The lowest BCUT2D eigenvalue weighted by molar-refractivity contribution is 0.194. The Hall–Kier alpha value is -1.86. The number of likely N-dealkylation sites (tertiary alicyclic amines) is 2. The van der Waals surface area contributed by atoms with Gasteiger partial charge in [0.05, 0.1) is 6.54 Å². The SMILES string of the molecule is CCc1ncc(CN2CCC[C@@H](c3nnc(CN4CCCC4)n3C)C2)cn1. The zero-order chi connectivity index (χ0) is 18.6. The van der Waals surface area contributed by atoms with Gasteiger partial charge in [-0.2, -0.15) is 0 Å². The quantitative estimate of drug-likeness (QED) is 0.777. The fraction of sp³-hybridized carbons (Fsp3) is 0.700. The second-order valence-corrected chi connectivity index (χ2v) is 7.95. The minimum atomic E-state index is 0.458. The third-order valence-electron chi connectivity index (χ3n) is 5.91. The fourth-order valence-corrected chi connectivity index (χ4v) is 4.32. The van der Waals surface area contributed by atoms with E-state index in [1.165, 1.54) is 44.3 Å². The van der Waals surface area contributed by atoms with Crippen LogP contribution in [0.1, 0.15) is 61.6 Å². The van der Waals surface area contributed by atoms with Crippen molar-refractivity contribution in [1.82, 2.24) is 34.5 Å². The maximum Gasteiger partial charge on any atom is 0.146 e. The Morgan fingerprint density at radius 2 is 1.70 bits per heavy atom. The van der Waals surface area contributed by atoms with Crippen LogP contribution in [-0.2, 0) is 26.6 Å². The molecule has 2 aliphatic rings. The van der Waals surface area contributed by atoms with Crippen molar-refractivity contribution in [1.29, 1.82) is 0 Å². The largest absolute Gasteiger partial charge is 0.317 e. The number of aryl methyl sites for hydroxylation is 1. The van der Waals surface area contributed by atoms with Gasteiger partial charge < -0.3 is 4.57 Å². The number of aromatic nitrogens is 5. The average molecular weight is 370 g/mol. The molecule has 0 saturated carbocycles. The van der Waals surface area contributed by atoms with Gasteiger partial charge in [0, 0.05) is 50.4 Å². The zero-order valence-corrected chi connectivity index (χ0v) is 16.6. The predicted octanol–water partition coefficient (Wildman–Crippen LogP) is 2.14. The third kappa shape index (κ3) is 4.35. The van der Waals surface area contributed by atoms with E-state index in [1.807, 2.05) is 12.4 Å². The molecule has 2 aromatic rings. The molecular formula is C20H31N7. The Morgan fingerprint density at radius 1 is 0.963 bits per heavy atom. The van der Waals surface area contributed by atoms with Crippen molar-refractivity contribution in [2.45, 2.75) is 58.0 Å². The van der Waals surface area contributed by atoms with Crippen molar-refractivity contribution in [2.75, 3.05) is 26.2 Å². The summed E-state index contributed by atoms with van der Waals surface area (Å²) in [5, 5.41) is 9.10. The van der Waals surface area contributed by atoms with E-state index in [-0.39, 0.29) is 0 Å². The summed E-state index contributed by atoms with van der Waals surface area (Å²) in [6.45, 7) is 8.48. The molecule has 0 amide bonds. The van der Waals surface area contributed by atoms with E-state index in [2.05, 4.69) is 48.5 Å². The predicted molar refractivity (Wildman–Crippen MR) is 104 cm³/mol. The highest BCUT2D eigenvalue weighted by Crippen LogP contribution is 2.27. The normalized spacial score (nSPS) is 21.8. The van der Waals surface area contributed by atoms with E-state index in [0.29, 0.717) is 5.92 Å². The third-order valence-corrected chi connectivity index (χ3v) is 5.91. The fourth-order valence-electron chi connectivity index (χ4n) is 4.32. The van der Waals surface area contributed by atoms with Crippen molar-refractivity contribution in [3.63, 3.8) is 0 Å². The summed E-state index contributed by atoms with van der Waals surface area (Å²) in [4.78, 5) is 13.9. The van der Waals surface area contributed by atoms with Crippen molar-refractivity contribution < 1.29 is 0 Å². The van der Waals surface area contributed by atoms with Gasteiger partial charge in [-0.3, -0.25) is 9.80 Å². The van der Waals surface area contributed by atoms with Gasteiger partial charge in [0.25, 0.3) is 0 Å². The van der Waals surface area contributed by atoms with Crippen LogP contribution in [0.3, 0.4) is 0 Å². The molecule has 4 heterocycles. The van der Waals surface area contributed by atoms with Crippen LogP contribution in [0.4, 0.5) is 0 Å². The first-order valence-corrected chi connectivity index (χ1v) is 10.4. The van der Waals surface area contributed by atoms with Crippen molar-refractivity contribution in [3.8, 4) is 0 Å². The molecule has 1 atom stereocenters. The van der Waals surface area contributed by atoms with Crippen LogP contribution in [0.2, 0.25) is 0 Å². The summed E-state index contributed by atoms with van der Waals surface area (Å²) >= 11 is 0. The molecule has 4 rings (SSSR count). The van der Waals surface area contributed by atoms with Gasteiger partial charge in [0.1, 0.15) is 17.5 Å². The monoisotopic (exact) mass is 369 g/mol. The standard InChI is InChI=1S/C20H31N7/c1-3-18-21-11-16(12-22-18)13-27-10-6-7-17(14-27)20-24-23-19(25(20)2)15-26-8-4-5-9-26/h11-12,17H,3-10,13-15H2,1-2H3/t17-/m1/s1. The summed E-state index contributed by atoms with van der Waals surface area (Å²) in [5.41, 5.74) is 1.19. The lowest BCUT2D eigenvalue weighted by Gasteiger charge is -2.32. The summed E-state index contributed by atoms with van der Waals surface area (Å²) in [6.07, 6.45) is 9.86. The number of hydrogen-bond acceptors (Lipinski definition) is 6. The number of nitrogens with zero attached hydrogens (tertiary/aromatic N) is 7. The minimum absolute atomic E-state index is 0.458. The number of piperidine rings is 1. The van der Waals surface area contributed by atoms with Crippen LogP contribution in [0, 0.1) is 0 Å². The van der Waals surface area contributed by atoms with Gasteiger partial charge in [-0.1, -0.05) is 6.92 Å². The molecule has 2 aliphatic heterocycles. The first-order chi connectivity index (χ1) is 13.2. The molecule has 0 unspecified atom stereocenters. The van der Waals surface area contributed by atoms with E-state index >= 15 is 0 Å². The molecule has 2 fully saturated rings. The van der Waals surface area contributed by atoms with E-state index in [0.717, 1.165) is 50.1 Å². The molecule has 27 heavy (non-hydrogen) atoms. The first-order valence-electron chi connectivity index (χ1n) is 10.4. The summed E-state index contributed by atoms with van der Waals surface area (Å²) < 4.78 is 2.24. The van der Waals surface area contributed by atoms with Crippen molar-refractivity contribution >= 4 is 0 Å². The second-order valence-electron chi connectivity index (χ2n) is 7.95. The lowest BCUT2D eigenvalue weighted by atomic mass is 9.97. The molecular weight excluding hydrogens is 338 g/mol. The van der Waals surface area contributed by atoms with Crippen LogP contribution >= 0.6 is 0 Å². The Balaban J connectivity index is 1.39. The highest BCUT2D eigenvalue weighted by atomic mass is 15.3. The van der Waals surface area contributed by atoms with Crippen LogP contribution in [0.15, 0.2) is 12.4 Å². The van der Waals surface area contributed by atoms with Crippen LogP contribution in [0.25, 0.3) is 0 Å². The van der Waals surface area contributed by atoms with Crippen LogP contribution in [0.5, 0.6) is 0 Å². The molecule has 0 aromatic carbocycles. The van der Waals surface area contributed by atoms with Crippen LogP contribution < -0.4 is 0 Å². The molecule has 0 spiro atoms. The Morgan fingerprint density at radius 3 is 2.44 bits per heavy atom. The summed E-state index contributed by atoms with van der Waals surface area (Å²) in [6, 6.07) is 0. The van der Waals surface area contributed by atoms with E-state index in [1.54, 1.807) is 0 Å². The second kappa shape index (κ2) is 8.44. The van der Waals surface area contributed by atoms with E-state index in [9.17, 15) is 0 Å². The van der Waals surface area contributed by atoms with Gasteiger partial charge in [-0.05, 0) is 45.3 Å². The lowest BCUT2D eigenvalue weighted by Crippen LogP contribution is -2.35. The average Bonchev–Trinajstić information content (AvgIpc) is 3.33. The highest BCUT2D eigenvalue weighted by Gasteiger charge is 2.26. The number of rotatable bonds is 6. The zero-order valence-electron chi connectivity index (χ0n) is 16.6. The van der Waals surface area contributed by atoms with Gasteiger partial charge >= 0.3 is 0 Å². The van der Waals surface area contributed by atoms with Crippen molar-refractivity contribution in [3.05, 3.63) is 35.4 Å². The van der Waals surface area contributed by atoms with Gasteiger partial charge in [0.2, 0.25) is 0 Å². The maximum absolute atomic E-state index is 4.58. The summed E-state index contributed by atoms with van der Waals surface area (Å²) in [7, 11) is 2.14. The first kappa shape index (κ1) is 18.5. The van der Waals surface area contributed by atoms with Gasteiger partial charge in [-0.15, -0.1) is 10.2 Å².